The number of amides is 3. The molecule has 0 aliphatic carbocycles. The fourth-order valence-corrected chi connectivity index (χ4v) is 7.95. The molecular formula is C38H41Cl2N9O5S. The maximum atomic E-state index is 13.2. The third-order valence-electron chi connectivity index (χ3n) is 9.28. The number of carbonyl (C=O) groups excluding carboxylic acids is 3. The zero-order valence-corrected chi connectivity index (χ0v) is 33.1. The van der Waals surface area contributed by atoms with Crippen LogP contribution in [0.15, 0.2) is 47.5 Å². The van der Waals surface area contributed by atoms with Crippen LogP contribution < -0.4 is 25.2 Å². The minimum absolute atomic E-state index is 0.0647. The van der Waals surface area contributed by atoms with Gasteiger partial charge in [-0.3, -0.25) is 23.9 Å². The van der Waals surface area contributed by atoms with Crippen molar-refractivity contribution in [3.05, 3.63) is 80.7 Å². The first-order valence-electron chi connectivity index (χ1n) is 17.8. The predicted octanol–water partition coefficient (Wildman–Crippen LogP) is 4.82. The lowest BCUT2D eigenvalue weighted by Gasteiger charge is -2.32. The highest BCUT2D eigenvalue weighted by atomic mass is 35.5. The highest BCUT2D eigenvalue weighted by molar-refractivity contribution is 7.15. The molecule has 0 fully saturated rings. The Morgan fingerprint density at radius 1 is 1.07 bits per heavy atom. The highest BCUT2D eigenvalue weighted by Gasteiger charge is 2.32. The molecule has 0 spiro atoms. The largest absolute Gasteiger partial charge is 0.489 e. The second-order valence-electron chi connectivity index (χ2n) is 12.9. The van der Waals surface area contributed by atoms with E-state index in [1.165, 1.54) is 9.78 Å². The number of aromatic nitrogens is 3. The molecule has 288 valence electrons. The number of anilines is 2. The van der Waals surface area contributed by atoms with Crippen LogP contribution in [-0.4, -0.2) is 96.6 Å². The van der Waals surface area contributed by atoms with Crippen LogP contribution in [0, 0.1) is 32.1 Å². The van der Waals surface area contributed by atoms with E-state index in [0.717, 1.165) is 38.9 Å². The summed E-state index contributed by atoms with van der Waals surface area (Å²) in [5.74, 6) is 0.950. The first kappa shape index (κ1) is 39.7. The summed E-state index contributed by atoms with van der Waals surface area (Å²) in [7, 11) is 0. The van der Waals surface area contributed by atoms with E-state index in [-0.39, 0.29) is 69.3 Å². The van der Waals surface area contributed by atoms with Crippen LogP contribution >= 0.6 is 34.5 Å². The van der Waals surface area contributed by atoms with Gasteiger partial charge in [-0.05, 0) is 50.6 Å². The number of aliphatic imine (C=N–C) groups is 1. The number of hydrogen-bond acceptors (Lipinski definition) is 11. The van der Waals surface area contributed by atoms with Gasteiger partial charge in [-0.25, -0.2) is 0 Å². The Bertz CT molecular complexity index is 2130. The molecule has 0 saturated carbocycles. The molecule has 0 saturated heterocycles. The van der Waals surface area contributed by atoms with E-state index in [9.17, 15) is 14.4 Å². The molecular weight excluding hydrogens is 765 g/mol. The van der Waals surface area contributed by atoms with Gasteiger partial charge in [0.2, 0.25) is 17.7 Å². The van der Waals surface area contributed by atoms with E-state index in [1.54, 1.807) is 29.5 Å². The van der Waals surface area contributed by atoms with E-state index in [4.69, 9.17) is 42.9 Å². The number of nitrogens with one attached hydrogen (secondary N) is 2. The highest BCUT2D eigenvalue weighted by Crippen LogP contribution is 2.40. The van der Waals surface area contributed by atoms with E-state index in [2.05, 4.69) is 34.7 Å². The summed E-state index contributed by atoms with van der Waals surface area (Å²) in [6.07, 6.45) is 0.228. The number of carbonyl (C=O) groups is 3. The number of thiophene rings is 1. The normalized spacial score (nSPS) is 14.4. The van der Waals surface area contributed by atoms with Crippen LogP contribution in [0.5, 0.6) is 5.75 Å². The number of ether oxygens (including phenoxy) is 2. The average molecular weight is 807 g/mol. The number of nitriles is 1. The minimum Gasteiger partial charge on any atom is -0.489 e. The molecule has 2 aliphatic heterocycles. The first-order chi connectivity index (χ1) is 26.6. The monoisotopic (exact) mass is 805 g/mol. The third-order valence-corrected chi connectivity index (χ3v) is 11.0. The Hall–Kier alpha value is -5.01. The fourth-order valence-electron chi connectivity index (χ4n) is 6.47. The summed E-state index contributed by atoms with van der Waals surface area (Å²) in [6, 6.07) is 14.3. The Morgan fingerprint density at radius 3 is 2.55 bits per heavy atom. The zero-order valence-electron chi connectivity index (χ0n) is 30.7. The van der Waals surface area contributed by atoms with Gasteiger partial charge in [0.15, 0.2) is 5.82 Å². The maximum absolute atomic E-state index is 13.2. The number of fused-ring (bicyclic) bond motifs is 4. The standard InChI is InChI=1S/C38H41Cl2N9O5S/c1-23-24(2)55-38-35(23)36(26-5-7-27(40)8-6-26)44-29(37-46-45-25(3)49(37)38)20-32(50)42-12-16-53-17-13-43-33(51)22-47-15-18-54-31-19-28(9-10-30(31)47)48(14-4-11-41)34(52)21-39/h5-10,19,29H,4,12-18,20-22H2,1-3H3,(H,42,50)(H,43,51). The van der Waals surface area contributed by atoms with Gasteiger partial charge in [-0.2, -0.15) is 5.26 Å². The first-order valence-corrected chi connectivity index (χ1v) is 19.5. The molecule has 4 heterocycles. The van der Waals surface area contributed by atoms with Crippen molar-refractivity contribution >= 4 is 69.3 Å². The van der Waals surface area contributed by atoms with Crippen LogP contribution in [0.2, 0.25) is 5.02 Å². The van der Waals surface area contributed by atoms with Crippen molar-refractivity contribution in [2.45, 2.75) is 39.7 Å². The van der Waals surface area contributed by atoms with E-state index >= 15 is 0 Å². The number of rotatable bonds is 15. The number of aryl methyl sites for hydroxylation is 2. The van der Waals surface area contributed by atoms with Crippen LogP contribution in [0.1, 0.15) is 52.1 Å². The molecule has 2 aromatic carbocycles. The average Bonchev–Trinajstić information content (AvgIpc) is 3.66. The lowest BCUT2D eigenvalue weighted by atomic mass is 9.99. The smallest absolute Gasteiger partial charge is 0.241 e. The molecule has 3 amide bonds. The van der Waals surface area contributed by atoms with E-state index < -0.39 is 6.04 Å². The van der Waals surface area contributed by atoms with Crippen molar-refractivity contribution in [1.82, 2.24) is 25.4 Å². The molecule has 4 aromatic rings. The molecule has 2 aliphatic rings. The number of benzene rings is 2. The lowest BCUT2D eigenvalue weighted by molar-refractivity contribution is -0.121. The molecule has 14 nitrogen and oxygen atoms in total. The molecule has 17 heteroatoms. The van der Waals surface area contributed by atoms with Crippen LogP contribution in [0.3, 0.4) is 0 Å². The molecule has 2 N–H and O–H groups in total. The van der Waals surface area contributed by atoms with E-state index in [1.807, 2.05) is 46.7 Å². The molecule has 2 aromatic heterocycles. The van der Waals surface area contributed by atoms with Gasteiger partial charge in [0.05, 0.1) is 56.6 Å². The Morgan fingerprint density at radius 2 is 1.82 bits per heavy atom. The Kier molecular flexibility index (Phi) is 13.0. The van der Waals surface area contributed by atoms with Crippen molar-refractivity contribution in [3.8, 4) is 16.8 Å². The van der Waals surface area contributed by atoms with Gasteiger partial charge in [-0.1, -0.05) is 23.7 Å². The Labute approximate surface area is 333 Å². The van der Waals surface area contributed by atoms with E-state index in [0.29, 0.717) is 42.0 Å². The molecule has 1 atom stereocenters. The predicted molar refractivity (Wildman–Crippen MR) is 212 cm³/mol. The Balaban J connectivity index is 0.981. The number of alkyl halides is 1. The number of nitrogens with zero attached hydrogens (tertiary/aromatic N) is 7. The molecule has 6 rings (SSSR count). The SMILES string of the molecule is Cc1sc2c(c1C)C(c1ccc(Cl)cc1)=NC(CC(=O)NCCOCCNC(=O)CN1CCOc3cc(N(CCC#N)C(=O)CCl)ccc31)c1nnc(C)n1-2. The van der Waals surface area contributed by atoms with Crippen LogP contribution in [0.25, 0.3) is 5.00 Å². The van der Waals surface area contributed by atoms with Crippen molar-refractivity contribution < 1.29 is 23.9 Å². The minimum atomic E-state index is -0.577. The van der Waals surface area contributed by atoms with Crippen molar-refractivity contribution in [2.75, 3.05) is 68.2 Å². The van der Waals surface area contributed by atoms with Gasteiger partial charge in [0, 0.05) is 52.4 Å². The maximum Gasteiger partial charge on any atom is 0.241 e. The zero-order chi connectivity index (χ0) is 39.1. The molecule has 55 heavy (non-hydrogen) atoms. The molecule has 1 unspecified atom stereocenters. The quantitative estimate of drug-likeness (QED) is 0.127. The van der Waals surface area contributed by atoms with Crippen molar-refractivity contribution in [1.29, 1.82) is 5.26 Å². The molecule has 0 radical (unpaired) electrons. The third kappa shape index (κ3) is 9.11. The summed E-state index contributed by atoms with van der Waals surface area (Å²) in [4.78, 5) is 48.1. The van der Waals surface area contributed by atoms with Gasteiger partial charge in [0.25, 0.3) is 0 Å². The lowest BCUT2D eigenvalue weighted by Crippen LogP contribution is -2.42. The van der Waals surface area contributed by atoms with Crippen LogP contribution in [-0.2, 0) is 19.1 Å². The van der Waals surface area contributed by atoms with Crippen LogP contribution in [0.4, 0.5) is 11.4 Å². The van der Waals surface area contributed by atoms with Gasteiger partial charge in [-0.15, -0.1) is 33.1 Å². The van der Waals surface area contributed by atoms with Gasteiger partial charge in [0.1, 0.15) is 35.1 Å². The number of hydrogen-bond donors (Lipinski definition) is 2. The second kappa shape index (κ2) is 18.1. The second-order valence-corrected chi connectivity index (χ2v) is 14.8. The summed E-state index contributed by atoms with van der Waals surface area (Å²) < 4.78 is 13.5. The summed E-state index contributed by atoms with van der Waals surface area (Å²) >= 11 is 13.7. The fraction of sp³-hybridized carbons (Fsp3) is 0.395. The summed E-state index contributed by atoms with van der Waals surface area (Å²) in [5.41, 5.74) is 5.09. The van der Waals surface area contributed by atoms with Crippen molar-refractivity contribution in [3.63, 3.8) is 0 Å². The molecule has 0 bridgehead atoms. The number of halogens is 2. The van der Waals surface area contributed by atoms with Crippen molar-refractivity contribution in [2.24, 2.45) is 4.99 Å². The van der Waals surface area contributed by atoms with Gasteiger partial charge < -0.3 is 29.9 Å². The topological polar surface area (TPSA) is 167 Å². The van der Waals surface area contributed by atoms with Gasteiger partial charge >= 0.3 is 0 Å². The summed E-state index contributed by atoms with van der Waals surface area (Å²) in [5, 5.41) is 25.2. The summed E-state index contributed by atoms with van der Waals surface area (Å²) in [6.45, 7) is 8.35.